The highest BCUT2D eigenvalue weighted by atomic mass is 19.4. The monoisotopic (exact) mass is 242 g/mol. The first-order valence-electron chi connectivity index (χ1n) is 4.47. The Morgan fingerprint density at radius 3 is 2.65 bits per heavy atom. The van der Waals surface area contributed by atoms with Crippen LogP contribution in [0.25, 0.3) is 11.5 Å². The van der Waals surface area contributed by atoms with Gasteiger partial charge in [-0.3, -0.25) is 4.79 Å². The molecule has 0 radical (unpaired) electrons. The molecule has 0 saturated heterocycles. The number of carbonyl (C=O) groups is 1. The first-order valence-corrected chi connectivity index (χ1v) is 4.47. The second-order valence-electron chi connectivity index (χ2n) is 3.15. The topological polar surface area (TPSA) is 56.0 Å². The van der Waals surface area contributed by atoms with E-state index in [0.29, 0.717) is 6.29 Å². The average Bonchev–Trinajstić information content (AvgIpc) is 2.76. The third kappa shape index (κ3) is 2.32. The highest BCUT2D eigenvalue weighted by molar-refractivity contribution is 5.69. The summed E-state index contributed by atoms with van der Waals surface area (Å²) in [6.07, 6.45) is -4.09. The van der Waals surface area contributed by atoms with Crippen molar-refractivity contribution in [1.29, 1.82) is 0 Å². The van der Waals surface area contributed by atoms with Crippen molar-refractivity contribution >= 4 is 6.29 Å². The molecule has 0 aliphatic heterocycles. The molecular weight excluding hydrogens is 237 g/mol. The van der Waals surface area contributed by atoms with E-state index < -0.39 is 11.7 Å². The Balaban J connectivity index is 2.42. The van der Waals surface area contributed by atoms with Gasteiger partial charge >= 0.3 is 6.18 Å². The van der Waals surface area contributed by atoms with Crippen LogP contribution in [0.4, 0.5) is 13.2 Å². The molecule has 4 nitrogen and oxygen atoms in total. The number of aldehydes is 1. The Morgan fingerprint density at radius 2 is 2.06 bits per heavy atom. The van der Waals surface area contributed by atoms with Crippen LogP contribution in [0.5, 0.6) is 0 Å². The van der Waals surface area contributed by atoms with Gasteiger partial charge in [-0.15, -0.1) is 0 Å². The number of rotatable bonds is 2. The number of halogens is 3. The average molecular weight is 242 g/mol. The van der Waals surface area contributed by atoms with Gasteiger partial charge in [0.2, 0.25) is 5.82 Å². The van der Waals surface area contributed by atoms with Crippen LogP contribution < -0.4 is 0 Å². The van der Waals surface area contributed by atoms with E-state index in [1.54, 1.807) is 0 Å². The third-order valence-electron chi connectivity index (χ3n) is 1.98. The van der Waals surface area contributed by atoms with E-state index in [2.05, 4.69) is 14.7 Å². The van der Waals surface area contributed by atoms with E-state index >= 15 is 0 Å². The molecule has 0 spiro atoms. The summed E-state index contributed by atoms with van der Waals surface area (Å²) in [6, 6.07) is 4.42. The van der Waals surface area contributed by atoms with Crippen LogP contribution in [0, 0.1) is 0 Å². The summed E-state index contributed by atoms with van der Waals surface area (Å²) < 4.78 is 41.9. The molecule has 2 aromatic rings. The molecule has 1 heterocycles. The van der Waals surface area contributed by atoms with Gasteiger partial charge in [-0.1, -0.05) is 11.2 Å². The van der Waals surface area contributed by atoms with Crippen LogP contribution in [-0.2, 0) is 6.18 Å². The van der Waals surface area contributed by atoms with Crippen molar-refractivity contribution in [2.45, 2.75) is 6.18 Å². The van der Waals surface area contributed by atoms with E-state index in [1.807, 2.05) is 0 Å². The maximum Gasteiger partial charge on any atom is 0.416 e. The number of hydrogen-bond acceptors (Lipinski definition) is 4. The van der Waals surface area contributed by atoms with E-state index in [4.69, 9.17) is 0 Å². The predicted octanol–water partition coefficient (Wildman–Crippen LogP) is 2.57. The van der Waals surface area contributed by atoms with E-state index in [1.165, 1.54) is 12.1 Å². The maximum absolute atomic E-state index is 12.4. The highest BCUT2D eigenvalue weighted by Gasteiger charge is 2.30. The number of nitrogens with zero attached hydrogens (tertiary/aromatic N) is 2. The second kappa shape index (κ2) is 4.00. The summed E-state index contributed by atoms with van der Waals surface area (Å²) in [5.41, 5.74) is -0.707. The van der Waals surface area contributed by atoms with Gasteiger partial charge in [-0.25, -0.2) is 0 Å². The molecule has 0 unspecified atom stereocenters. The summed E-state index contributed by atoms with van der Waals surface area (Å²) in [6.45, 7) is 0. The quantitative estimate of drug-likeness (QED) is 0.759. The fraction of sp³-hybridized carbons (Fsp3) is 0.100. The van der Waals surface area contributed by atoms with Crippen molar-refractivity contribution in [3.8, 4) is 11.5 Å². The van der Waals surface area contributed by atoms with Crippen molar-refractivity contribution in [3.05, 3.63) is 35.7 Å². The molecule has 0 aliphatic rings. The molecule has 0 saturated carbocycles. The zero-order valence-electron chi connectivity index (χ0n) is 8.23. The van der Waals surface area contributed by atoms with Gasteiger partial charge in [-0.05, 0) is 18.2 Å². The molecule has 0 bridgehead atoms. The molecule has 1 aromatic carbocycles. The lowest BCUT2D eigenvalue weighted by Gasteiger charge is -2.06. The standard InChI is InChI=1S/C10H5F3N2O2/c11-10(12,13)7-3-1-2-6(4-7)9-14-8(5-16)15-17-9/h1-5H. The molecule has 88 valence electrons. The van der Waals surface area contributed by atoms with E-state index in [9.17, 15) is 18.0 Å². The lowest BCUT2D eigenvalue weighted by Crippen LogP contribution is -2.04. The molecule has 0 N–H and O–H groups in total. The Bertz CT molecular complexity index is 548. The number of alkyl halides is 3. The molecule has 0 fully saturated rings. The van der Waals surface area contributed by atoms with Crippen molar-refractivity contribution in [3.63, 3.8) is 0 Å². The molecule has 0 amide bonds. The normalized spacial score (nSPS) is 11.5. The van der Waals surface area contributed by atoms with Crippen molar-refractivity contribution < 1.29 is 22.5 Å². The zero-order chi connectivity index (χ0) is 12.5. The maximum atomic E-state index is 12.4. The molecule has 1 aromatic heterocycles. The number of benzene rings is 1. The Kier molecular flexibility index (Phi) is 2.66. The Labute approximate surface area is 93.1 Å². The fourth-order valence-electron chi connectivity index (χ4n) is 1.23. The lowest BCUT2D eigenvalue weighted by atomic mass is 10.1. The van der Waals surface area contributed by atoms with Crippen LogP contribution in [-0.4, -0.2) is 16.4 Å². The van der Waals surface area contributed by atoms with Crippen molar-refractivity contribution in [1.82, 2.24) is 10.1 Å². The molecule has 17 heavy (non-hydrogen) atoms. The molecular formula is C10H5F3N2O2. The predicted molar refractivity (Wildman–Crippen MR) is 50.1 cm³/mol. The van der Waals surface area contributed by atoms with Crippen LogP contribution >= 0.6 is 0 Å². The summed E-state index contributed by atoms with van der Waals surface area (Å²) in [7, 11) is 0. The van der Waals surface area contributed by atoms with Gasteiger partial charge in [0, 0.05) is 5.56 Å². The SMILES string of the molecule is O=Cc1noc(-c2cccc(C(F)(F)F)c2)n1. The lowest BCUT2D eigenvalue weighted by molar-refractivity contribution is -0.137. The van der Waals surface area contributed by atoms with Gasteiger partial charge in [0.25, 0.3) is 5.89 Å². The molecule has 0 aliphatic carbocycles. The first-order chi connectivity index (χ1) is 8.00. The van der Waals surface area contributed by atoms with Gasteiger partial charge < -0.3 is 4.52 Å². The minimum absolute atomic E-state index is 0.112. The van der Waals surface area contributed by atoms with Gasteiger partial charge in [0.1, 0.15) is 0 Å². The Morgan fingerprint density at radius 1 is 1.29 bits per heavy atom. The van der Waals surface area contributed by atoms with Crippen molar-refractivity contribution in [2.24, 2.45) is 0 Å². The first kappa shape index (κ1) is 11.3. The number of aromatic nitrogens is 2. The largest absolute Gasteiger partial charge is 0.416 e. The minimum Gasteiger partial charge on any atom is -0.334 e. The zero-order valence-corrected chi connectivity index (χ0v) is 8.23. The van der Waals surface area contributed by atoms with E-state index in [0.717, 1.165) is 12.1 Å². The summed E-state index contributed by atoms with van der Waals surface area (Å²) in [4.78, 5) is 13.9. The van der Waals surface area contributed by atoms with E-state index in [-0.39, 0.29) is 17.3 Å². The summed E-state index contributed by atoms with van der Waals surface area (Å²) in [5.74, 6) is -0.337. The van der Waals surface area contributed by atoms with Gasteiger partial charge in [-0.2, -0.15) is 18.2 Å². The van der Waals surface area contributed by atoms with Crippen molar-refractivity contribution in [2.75, 3.05) is 0 Å². The third-order valence-corrected chi connectivity index (χ3v) is 1.98. The minimum atomic E-state index is -4.44. The van der Waals surface area contributed by atoms with Crippen LogP contribution in [0.2, 0.25) is 0 Å². The summed E-state index contributed by atoms with van der Waals surface area (Å²) >= 11 is 0. The van der Waals surface area contributed by atoms with Crippen LogP contribution in [0.3, 0.4) is 0 Å². The smallest absolute Gasteiger partial charge is 0.334 e. The van der Waals surface area contributed by atoms with Crippen LogP contribution in [0.1, 0.15) is 16.2 Å². The summed E-state index contributed by atoms with van der Waals surface area (Å²) in [5, 5.41) is 3.27. The molecule has 7 heteroatoms. The van der Waals surface area contributed by atoms with Crippen LogP contribution in [0.15, 0.2) is 28.8 Å². The molecule has 2 rings (SSSR count). The highest BCUT2D eigenvalue weighted by Crippen LogP contribution is 2.31. The number of hydrogen-bond donors (Lipinski definition) is 0. The number of carbonyl (C=O) groups excluding carboxylic acids is 1. The fourth-order valence-corrected chi connectivity index (χ4v) is 1.23. The van der Waals surface area contributed by atoms with Gasteiger partial charge in [0.05, 0.1) is 5.56 Å². The van der Waals surface area contributed by atoms with Gasteiger partial charge in [0.15, 0.2) is 6.29 Å². The molecule has 0 atom stereocenters. The second-order valence-corrected chi connectivity index (χ2v) is 3.15. The Hall–Kier alpha value is -2.18.